The van der Waals surface area contributed by atoms with Gasteiger partial charge >= 0.3 is 0 Å². The fourth-order valence-electron chi connectivity index (χ4n) is 5.91. The Kier molecular flexibility index (Phi) is 33.8. The molecular weight excluding hydrogens is 719 g/mol. The first kappa shape index (κ1) is 51.9. The van der Waals surface area contributed by atoms with Crippen molar-refractivity contribution in [1.82, 2.24) is 5.32 Å². The lowest BCUT2D eigenvalue weighted by Gasteiger charge is -2.40. The monoisotopic (exact) mass is 796 g/mol. The van der Waals surface area contributed by atoms with Gasteiger partial charge in [0.15, 0.2) is 6.29 Å². The predicted molar refractivity (Wildman–Crippen MR) is 234 cm³/mol. The van der Waals surface area contributed by atoms with Gasteiger partial charge in [0.05, 0.1) is 25.4 Å². The summed E-state index contributed by atoms with van der Waals surface area (Å²) in [6.07, 6.45) is 47.7. The maximum atomic E-state index is 12.8. The molecule has 1 aliphatic rings. The average molecular weight is 796 g/mol. The molecule has 57 heavy (non-hydrogen) atoms. The first-order valence-electron chi connectivity index (χ1n) is 21.6. The molecule has 0 aromatic carbocycles. The van der Waals surface area contributed by atoms with Crippen LogP contribution in [0, 0.1) is 0 Å². The van der Waals surface area contributed by atoms with Gasteiger partial charge in [-0.2, -0.15) is 0 Å². The molecule has 1 aliphatic heterocycles. The van der Waals surface area contributed by atoms with Gasteiger partial charge in [-0.15, -0.1) is 0 Å². The zero-order valence-corrected chi connectivity index (χ0v) is 35.0. The van der Waals surface area contributed by atoms with Gasteiger partial charge in [-0.25, -0.2) is 0 Å². The summed E-state index contributed by atoms with van der Waals surface area (Å²) in [5, 5.41) is 53.5. The van der Waals surface area contributed by atoms with Crippen LogP contribution in [-0.2, 0) is 14.3 Å². The Hall–Kier alpha value is -3.15. The summed E-state index contributed by atoms with van der Waals surface area (Å²) in [6.45, 7) is 3.49. The summed E-state index contributed by atoms with van der Waals surface area (Å²) < 4.78 is 11.1. The number of carbonyl (C=O) groups is 1. The maximum absolute atomic E-state index is 12.8. The molecule has 9 nitrogen and oxygen atoms in total. The third kappa shape index (κ3) is 28.0. The number of allylic oxidation sites excluding steroid dienone is 18. The lowest BCUT2D eigenvalue weighted by molar-refractivity contribution is -0.302. The molecule has 1 rings (SSSR count). The number of hydrogen-bond donors (Lipinski definition) is 6. The van der Waals surface area contributed by atoms with Gasteiger partial charge in [0.25, 0.3) is 0 Å². The quantitative estimate of drug-likeness (QED) is 0.0286. The van der Waals surface area contributed by atoms with Crippen LogP contribution in [0.3, 0.4) is 0 Å². The van der Waals surface area contributed by atoms with E-state index in [4.69, 9.17) is 9.47 Å². The summed E-state index contributed by atoms with van der Waals surface area (Å²) in [4.78, 5) is 12.8. The predicted octanol–water partition coefficient (Wildman–Crippen LogP) is 8.72. The van der Waals surface area contributed by atoms with Crippen LogP contribution in [0.4, 0.5) is 0 Å². The highest BCUT2D eigenvalue weighted by atomic mass is 16.7. The second-order valence-corrected chi connectivity index (χ2v) is 14.4. The molecule has 1 fully saturated rings. The second-order valence-electron chi connectivity index (χ2n) is 14.4. The Morgan fingerprint density at radius 1 is 0.614 bits per heavy atom. The van der Waals surface area contributed by atoms with Gasteiger partial charge < -0.3 is 40.3 Å². The van der Waals surface area contributed by atoms with Crippen molar-refractivity contribution in [1.29, 1.82) is 0 Å². The molecule has 0 bridgehead atoms. The van der Waals surface area contributed by atoms with Crippen LogP contribution in [0.15, 0.2) is 109 Å². The minimum Gasteiger partial charge on any atom is -0.394 e. The van der Waals surface area contributed by atoms with E-state index in [2.05, 4.69) is 129 Å². The summed E-state index contributed by atoms with van der Waals surface area (Å²) in [6, 6.07) is -0.740. The highest BCUT2D eigenvalue weighted by Gasteiger charge is 2.44. The normalized spacial score (nSPS) is 22.1. The zero-order chi connectivity index (χ0) is 41.6. The number of rotatable bonds is 33. The molecule has 1 saturated heterocycles. The molecule has 7 atom stereocenters. The summed E-state index contributed by atoms with van der Waals surface area (Å²) >= 11 is 0. The van der Waals surface area contributed by atoms with E-state index >= 15 is 0 Å². The van der Waals surface area contributed by atoms with Crippen LogP contribution in [0.25, 0.3) is 0 Å². The van der Waals surface area contributed by atoms with Crippen molar-refractivity contribution >= 4 is 5.91 Å². The molecule has 0 aliphatic carbocycles. The number of unbranched alkanes of at least 4 members (excludes halogenated alkanes) is 5. The Morgan fingerprint density at radius 2 is 1.09 bits per heavy atom. The van der Waals surface area contributed by atoms with Crippen molar-refractivity contribution in [3.05, 3.63) is 109 Å². The first-order chi connectivity index (χ1) is 27.8. The van der Waals surface area contributed by atoms with Gasteiger partial charge in [-0.1, -0.05) is 149 Å². The number of aliphatic hydroxyl groups is 5. The van der Waals surface area contributed by atoms with Gasteiger partial charge in [-0.05, 0) is 83.5 Å². The fourth-order valence-corrected chi connectivity index (χ4v) is 5.91. The number of amides is 1. The van der Waals surface area contributed by atoms with Crippen molar-refractivity contribution < 1.29 is 39.8 Å². The van der Waals surface area contributed by atoms with Crippen LogP contribution < -0.4 is 5.32 Å². The van der Waals surface area contributed by atoms with Crippen molar-refractivity contribution in [3.8, 4) is 0 Å². The molecule has 0 spiro atoms. The minimum absolute atomic E-state index is 0.165. The molecule has 1 heterocycles. The second kappa shape index (κ2) is 37.1. The topological polar surface area (TPSA) is 149 Å². The summed E-state index contributed by atoms with van der Waals surface area (Å²) in [5.74, 6) is -0.195. The van der Waals surface area contributed by atoms with E-state index in [1.165, 1.54) is 0 Å². The smallest absolute Gasteiger partial charge is 0.220 e. The van der Waals surface area contributed by atoms with E-state index in [1.807, 2.05) is 0 Å². The highest BCUT2D eigenvalue weighted by Crippen LogP contribution is 2.22. The van der Waals surface area contributed by atoms with Crippen LogP contribution in [0.1, 0.15) is 129 Å². The first-order valence-corrected chi connectivity index (χ1v) is 21.6. The molecule has 7 unspecified atom stereocenters. The van der Waals surface area contributed by atoms with E-state index in [1.54, 1.807) is 0 Å². The lowest BCUT2D eigenvalue weighted by atomic mass is 9.99. The lowest BCUT2D eigenvalue weighted by Crippen LogP contribution is -2.60. The van der Waals surface area contributed by atoms with Crippen molar-refractivity contribution in [2.75, 3.05) is 13.2 Å². The highest BCUT2D eigenvalue weighted by molar-refractivity contribution is 5.76. The largest absolute Gasteiger partial charge is 0.394 e. The minimum atomic E-state index is -1.56. The van der Waals surface area contributed by atoms with Gasteiger partial charge in [0, 0.05) is 6.42 Å². The molecule has 1 amide bonds. The Balaban J connectivity index is 2.16. The number of hydrogen-bond acceptors (Lipinski definition) is 8. The molecule has 9 heteroatoms. The van der Waals surface area contributed by atoms with E-state index in [0.29, 0.717) is 12.8 Å². The van der Waals surface area contributed by atoms with Crippen molar-refractivity contribution in [2.45, 2.75) is 172 Å². The van der Waals surface area contributed by atoms with Crippen molar-refractivity contribution in [2.24, 2.45) is 0 Å². The van der Waals surface area contributed by atoms with Crippen LogP contribution in [-0.4, -0.2) is 87.5 Å². The molecule has 0 aromatic rings. The molecule has 6 N–H and O–H groups in total. The number of nitrogens with one attached hydrogen (secondary N) is 1. The molecule has 322 valence electrons. The third-order valence-corrected chi connectivity index (χ3v) is 9.39. The number of ether oxygens (including phenoxy) is 2. The number of carbonyl (C=O) groups excluding carboxylic acids is 1. The number of aliphatic hydroxyl groups excluding tert-OH is 5. The average Bonchev–Trinajstić information content (AvgIpc) is 3.21. The molecule has 0 radical (unpaired) electrons. The summed E-state index contributed by atoms with van der Waals surface area (Å²) in [7, 11) is 0. The zero-order valence-electron chi connectivity index (χ0n) is 35.0. The van der Waals surface area contributed by atoms with E-state index in [-0.39, 0.29) is 12.5 Å². The van der Waals surface area contributed by atoms with Crippen molar-refractivity contribution in [3.63, 3.8) is 0 Å². The van der Waals surface area contributed by atoms with Gasteiger partial charge in [0.2, 0.25) is 5.91 Å². The molecular formula is C48H77NO8. The van der Waals surface area contributed by atoms with Gasteiger partial charge in [-0.3, -0.25) is 4.79 Å². The van der Waals surface area contributed by atoms with Crippen LogP contribution >= 0.6 is 0 Å². The fraction of sp³-hybridized carbons (Fsp3) is 0.604. The van der Waals surface area contributed by atoms with Crippen LogP contribution in [0.2, 0.25) is 0 Å². The summed E-state index contributed by atoms with van der Waals surface area (Å²) in [5.41, 5.74) is 0. The SMILES string of the molecule is CC/C=C\C/C=C\C/C=C\C/C=C\C/C=C\C/C=C\C/C=C\C/C=C\C/C=C\CCCCCC(=O)NC(COC1OC(CO)C(O)C(O)C1O)C(O)CCCCC. The molecule has 0 aromatic heterocycles. The van der Waals surface area contributed by atoms with Gasteiger partial charge in [0.1, 0.15) is 24.4 Å². The van der Waals surface area contributed by atoms with E-state index < -0.39 is 49.5 Å². The van der Waals surface area contributed by atoms with E-state index in [0.717, 1.165) is 103 Å². The third-order valence-electron chi connectivity index (χ3n) is 9.39. The standard InChI is InChI=1S/C48H77NO8/c1-3-5-7-8-9-10-11-12-13-14-15-16-17-18-19-20-21-22-23-24-25-26-27-28-29-30-31-32-33-34-36-38-44(52)49-41(42(51)37-35-6-4-2)40-56-48-47(55)46(54)45(53)43(39-50)57-48/h5,7,9-10,12-13,15-16,18-19,21-22,24-25,27-28,30-31,41-43,45-48,50-51,53-55H,3-4,6,8,11,14,17,20,23,26,29,32-40H2,1-2H3,(H,49,52)/b7-5-,10-9-,13-12-,16-15-,19-18-,22-21-,25-24-,28-27-,31-30-. The van der Waals surface area contributed by atoms with E-state index in [9.17, 15) is 30.3 Å². The Bertz CT molecular complexity index is 1250. The maximum Gasteiger partial charge on any atom is 0.220 e. The molecule has 0 saturated carbocycles. The van der Waals surface area contributed by atoms with Crippen LogP contribution in [0.5, 0.6) is 0 Å². The Labute approximate surface area is 345 Å². The Morgan fingerprint density at radius 3 is 1.54 bits per heavy atom.